The van der Waals surface area contributed by atoms with Crippen molar-refractivity contribution >= 4 is 63.7 Å². The van der Waals surface area contributed by atoms with Gasteiger partial charge in [-0.3, -0.25) is 14.3 Å². The van der Waals surface area contributed by atoms with Gasteiger partial charge in [0, 0.05) is 22.6 Å². The lowest BCUT2D eigenvalue weighted by Gasteiger charge is -2.27. The van der Waals surface area contributed by atoms with Gasteiger partial charge in [0.1, 0.15) is 5.66 Å². The Morgan fingerprint density at radius 3 is 2.67 bits per heavy atom. The van der Waals surface area contributed by atoms with Crippen LogP contribution < -0.4 is 16.0 Å². The number of urea groups is 1. The van der Waals surface area contributed by atoms with Gasteiger partial charge in [-0.15, -0.1) is 11.3 Å². The maximum Gasteiger partial charge on any atom is 0.316 e. The predicted octanol–water partition coefficient (Wildman–Crippen LogP) is 5.16. The highest BCUT2D eigenvalue weighted by Gasteiger charge is 2.39. The van der Waals surface area contributed by atoms with Gasteiger partial charge in [0.05, 0.1) is 11.4 Å². The highest BCUT2D eigenvalue weighted by atomic mass is 35.5. The zero-order valence-corrected chi connectivity index (χ0v) is 18.4. The van der Waals surface area contributed by atoms with E-state index >= 15 is 0 Å². The molecule has 1 heterocycles. The Kier molecular flexibility index (Phi) is 6.33. The summed E-state index contributed by atoms with van der Waals surface area (Å²) in [4.78, 5) is 36.5. The van der Waals surface area contributed by atoms with Crippen molar-refractivity contribution in [3.63, 3.8) is 0 Å². The molecule has 0 saturated heterocycles. The van der Waals surface area contributed by atoms with Crippen molar-refractivity contribution in [1.29, 1.82) is 0 Å². The van der Waals surface area contributed by atoms with Crippen LogP contribution in [0.15, 0.2) is 60.6 Å². The zero-order chi connectivity index (χ0) is 22.1. The smallest absolute Gasteiger partial charge is 0.316 e. The molecule has 3 amide bonds. The van der Waals surface area contributed by atoms with Gasteiger partial charge in [-0.05, 0) is 46.7 Å². The Bertz CT molecular complexity index is 1190. The molecule has 30 heavy (non-hydrogen) atoms. The fourth-order valence-corrected chi connectivity index (χ4v) is 5.69. The molecular formula is C20H19ClN3O4PS. The Labute approximate surface area is 182 Å². The van der Waals surface area contributed by atoms with Crippen LogP contribution >= 0.6 is 30.3 Å². The van der Waals surface area contributed by atoms with E-state index in [0.717, 1.165) is 16.3 Å². The van der Waals surface area contributed by atoms with Crippen molar-refractivity contribution in [2.24, 2.45) is 5.73 Å². The van der Waals surface area contributed by atoms with Crippen molar-refractivity contribution in [3.05, 3.63) is 71.2 Å². The second kappa shape index (κ2) is 8.62. The van der Waals surface area contributed by atoms with Gasteiger partial charge < -0.3 is 15.9 Å². The highest BCUT2D eigenvalue weighted by molar-refractivity contribution is 7.58. The third kappa shape index (κ3) is 4.42. The van der Waals surface area contributed by atoms with E-state index in [2.05, 4.69) is 11.9 Å². The first-order valence-electron chi connectivity index (χ1n) is 8.71. The minimum atomic E-state index is -3.96. The minimum Gasteiger partial charge on any atom is -0.351 e. The molecule has 1 aromatic heterocycles. The summed E-state index contributed by atoms with van der Waals surface area (Å²) in [5.41, 5.74) is 4.80. The van der Waals surface area contributed by atoms with Crippen LogP contribution in [0, 0.1) is 0 Å². The van der Waals surface area contributed by atoms with Gasteiger partial charge in [-0.25, -0.2) is 4.79 Å². The molecule has 0 saturated carbocycles. The van der Waals surface area contributed by atoms with Crippen LogP contribution in [0.4, 0.5) is 16.2 Å². The number of carbonyl (C=O) groups excluding carboxylic acids is 2. The molecule has 0 radical (unpaired) electrons. The monoisotopic (exact) mass is 463 g/mol. The first-order valence-corrected chi connectivity index (χ1v) is 12.1. The van der Waals surface area contributed by atoms with Crippen LogP contribution in [-0.4, -0.2) is 23.5 Å². The number of para-hydroxylation sites is 2. The van der Waals surface area contributed by atoms with Crippen molar-refractivity contribution < 1.29 is 19.0 Å². The van der Waals surface area contributed by atoms with Crippen LogP contribution in [0.5, 0.6) is 0 Å². The summed E-state index contributed by atoms with van der Waals surface area (Å²) in [6.07, 6.45) is 1.23. The SMILES string of the molecule is C=CN(C(=O)C(c1csc2ccc(Cl)cc12)P(C)(=O)O)c1ccccc1NC(N)=O. The second-order valence-corrected chi connectivity index (χ2v) is 10.3. The van der Waals surface area contributed by atoms with E-state index in [-0.39, 0.29) is 11.4 Å². The summed E-state index contributed by atoms with van der Waals surface area (Å²) in [5.74, 6) is -0.670. The van der Waals surface area contributed by atoms with Crippen LogP contribution in [0.2, 0.25) is 5.02 Å². The number of thiophene rings is 1. The van der Waals surface area contributed by atoms with Crippen LogP contribution in [-0.2, 0) is 9.36 Å². The van der Waals surface area contributed by atoms with Crippen molar-refractivity contribution in [3.8, 4) is 0 Å². The molecule has 3 aromatic rings. The number of hydrogen-bond acceptors (Lipinski definition) is 4. The number of hydrogen-bond donors (Lipinski definition) is 3. The number of benzene rings is 2. The predicted molar refractivity (Wildman–Crippen MR) is 123 cm³/mol. The van der Waals surface area contributed by atoms with E-state index < -0.39 is 25.0 Å². The van der Waals surface area contributed by atoms with Crippen molar-refractivity contribution in [2.45, 2.75) is 5.66 Å². The molecule has 0 aliphatic rings. The third-order valence-corrected chi connectivity index (χ3v) is 7.09. The average molecular weight is 464 g/mol. The van der Waals surface area contributed by atoms with E-state index in [1.54, 1.807) is 47.8 Å². The van der Waals surface area contributed by atoms with E-state index in [1.807, 2.05) is 0 Å². The lowest BCUT2D eigenvalue weighted by molar-refractivity contribution is -0.117. The summed E-state index contributed by atoms with van der Waals surface area (Å²) >= 11 is 7.46. The van der Waals surface area contributed by atoms with Gasteiger partial charge >= 0.3 is 6.03 Å². The molecular weight excluding hydrogens is 445 g/mol. The summed E-state index contributed by atoms with van der Waals surface area (Å²) in [6.45, 7) is 4.81. The fourth-order valence-electron chi connectivity index (χ4n) is 3.19. The molecule has 0 fully saturated rings. The molecule has 0 spiro atoms. The molecule has 4 N–H and O–H groups in total. The maximum atomic E-state index is 13.5. The van der Waals surface area contributed by atoms with Crippen LogP contribution in [0.1, 0.15) is 11.2 Å². The quantitative estimate of drug-likeness (QED) is 0.438. The van der Waals surface area contributed by atoms with Gasteiger partial charge in [0.25, 0.3) is 0 Å². The zero-order valence-electron chi connectivity index (χ0n) is 15.9. The van der Waals surface area contributed by atoms with Crippen LogP contribution in [0.3, 0.4) is 0 Å². The molecule has 0 bridgehead atoms. The second-order valence-electron chi connectivity index (χ2n) is 6.57. The third-order valence-electron chi connectivity index (χ3n) is 4.41. The summed E-state index contributed by atoms with van der Waals surface area (Å²) < 4.78 is 13.7. The van der Waals surface area contributed by atoms with Gasteiger partial charge in [0.2, 0.25) is 13.3 Å². The number of nitrogens with two attached hydrogens (primary N) is 1. The summed E-state index contributed by atoms with van der Waals surface area (Å²) in [5, 5.41) is 5.21. The maximum absolute atomic E-state index is 13.5. The number of nitrogens with zero attached hydrogens (tertiary/aromatic N) is 1. The van der Waals surface area contributed by atoms with E-state index in [4.69, 9.17) is 17.3 Å². The van der Waals surface area contributed by atoms with Crippen LogP contribution in [0.25, 0.3) is 10.1 Å². The van der Waals surface area contributed by atoms with Crippen molar-refractivity contribution in [1.82, 2.24) is 0 Å². The van der Waals surface area contributed by atoms with Gasteiger partial charge in [-0.1, -0.05) is 30.3 Å². The standard InChI is InChI=1S/C20H19ClN3O4PS/c1-3-24(16-7-5-4-6-15(16)23-20(22)26)19(25)18(29(2,27)28)14-11-30-17-9-8-12(21)10-13(14)17/h3-11,18H,1H2,2H3,(H,27,28)(H3,22,23,26). The topological polar surface area (TPSA) is 113 Å². The number of primary amides is 1. The Morgan fingerprint density at radius 1 is 1.33 bits per heavy atom. The first kappa shape index (κ1) is 22.1. The number of rotatable bonds is 6. The molecule has 3 rings (SSSR count). The van der Waals surface area contributed by atoms with E-state index in [0.29, 0.717) is 16.0 Å². The number of carbonyl (C=O) groups is 2. The average Bonchev–Trinajstić information content (AvgIpc) is 3.05. The molecule has 156 valence electrons. The first-order chi connectivity index (χ1) is 14.1. The molecule has 10 heteroatoms. The number of anilines is 2. The van der Waals surface area contributed by atoms with E-state index in [9.17, 15) is 19.0 Å². The minimum absolute atomic E-state index is 0.263. The Morgan fingerprint density at radius 2 is 2.03 bits per heavy atom. The highest BCUT2D eigenvalue weighted by Crippen LogP contribution is 2.56. The fraction of sp³-hybridized carbons (Fsp3) is 0.100. The number of nitrogens with one attached hydrogen (secondary N) is 1. The van der Waals surface area contributed by atoms with E-state index in [1.165, 1.54) is 17.5 Å². The molecule has 0 aliphatic heterocycles. The van der Waals surface area contributed by atoms with Crippen molar-refractivity contribution in [2.75, 3.05) is 16.9 Å². The molecule has 2 atom stereocenters. The Hall–Kier alpha value is -2.64. The largest absolute Gasteiger partial charge is 0.351 e. The van der Waals surface area contributed by atoms with Gasteiger partial charge in [0.15, 0.2) is 0 Å². The molecule has 0 aliphatic carbocycles. The molecule has 2 aromatic carbocycles. The number of amides is 3. The normalized spacial score (nSPS) is 14.0. The Balaban J connectivity index is 2.14. The summed E-state index contributed by atoms with van der Waals surface area (Å²) in [7, 11) is -3.96. The number of halogens is 1. The molecule has 7 nitrogen and oxygen atoms in total. The van der Waals surface area contributed by atoms with Gasteiger partial charge in [-0.2, -0.15) is 0 Å². The molecule has 2 unspecified atom stereocenters. The number of fused-ring (bicyclic) bond motifs is 1. The lowest BCUT2D eigenvalue weighted by Crippen LogP contribution is -2.32. The summed E-state index contributed by atoms with van der Waals surface area (Å²) in [6, 6.07) is 10.8. The lowest BCUT2D eigenvalue weighted by atomic mass is 10.1.